The highest BCUT2D eigenvalue weighted by atomic mass is 79.9. The van der Waals surface area contributed by atoms with Gasteiger partial charge in [-0.1, -0.05) is 64.0 Å². The fourth-order valence-electron chi connectivity index (χ4n) is 1.77. The van der Waals surface area contributed by atoms with Crippen molar-refractivity contribution in [1.29, 1.82) is 0 Å². The minimum absolute atomic E-state index is 0.0736. The molecule has 0 fully saturated rings. The third kappa shape index (κ3) is 2.34. The first-order valence-corrected chi connectivity index (χ1v) is 6.04. The smallest absolute Gasteiger partial charge is 0.0562 e. The highest BCUT2D eigenvalue weighted by Crippen LogP contribution is 2.26. The predicted octanol–water partition coefficient (Wildman–Crippen LogP) is 3.81. The molecule has 0 aliphatic heterocycles. The lowest BCUT2D eigenvalue weighted by molar-refractivity contribution is 0.864. The van der Waals surface area contributed by atoms with Crippen LogP contribution >= 0.6 is 15.9 Å². The van der Waals surface area contributed by atoms with Crippen molar-refractivity contribution < 1.29 is 0 Å². The molecule has 0 bridgehead atoms. The van der Waals surface area contributed by atoms with Gasteiger partial charge in [0.2, 0.25) is 0 Å². The Morgan fingerprint density at radius 2 is 1.81 bits per heavy atom. The Kier molecular flexibility index (Phi) is 3.42. The molecule has 2 aromatic rings. The van der Waals surface area contributed by atoms with Crippen molar-refractivity contribution in [2.45, 2.75) is 13.0 Å². The van der Waals surface area contributed by atoms with Crippen LogP contribution in [0.5, 0.6) is 0 Å². The SMILES string of the molecule is Cc1cccc(C(N)c2ccccc2Br)c1. The maximum absolute atomic E-state index is 6.26. The van der Waals surface area contributed by atoms with E-state index < -0.39 is 0 Å². The molecule has 2 N–H and O–H groups in total. The van der Waals surface area contributed by atoms with E-state index in [9.17, 15) is 0 Å². The van der Waals surface area contributed by atoms with E-state index in [0.29, 0.717) is 0 Å². The Hall–Kier alpha value is -1.12. The maximum atomic E-state index is 6.26. The van der Waals surface area contributed by atoms with Crippen LogP contribution in [0.1, 0.15) is 22.7 Å². The average Bonchev–Trinajstić information content (AvgIpc) is 2.29. The molecule has 0 saturated carbocycles. The summed E-state index contributed by atoms with van der Waals surface area (Å²) in [5.41, 5.74) is 9.76. The van der Waals surface area contributed by atoms with Gasteiger partial charge in [-0.2, -0.15) is 0 Å². The summed E-state index contributed by atoms with van der Waals surface area (Å²) >= 11 is 3.53. The van der Waals surface area contributed by atoms with Crippen LogP contribution < -0.4 is 5.73 Å². The lowest BCUT2D eigenvalue weighted by Crippen LogP contribution is -2.12. The largest absolute Gasteiger partial charge is 0.320 e. The van der Waals surface area contributed by atoms with Crippen LogP contribution in [0.15, 0.2) is 53.0 Å². The number of hydrogen-bond acceptors (Lipinski definition) is 1. The number of halogens is 1. The first-order chi connectivity index (χ1) is 7.68. The number of hydrogen-bond donors (Lipinski definition) is 1. The zero-order valence-corrected chi connectivity index (χ0v) is 10.7. The van der Waals surface area contributed by atoms with E-state index >= 15 is 0 Å². The fraction of sp³-hybridized carbons (Fsp3) is 0.143. The quantitative estimate of drug-likeness (QED) is 0.887. The molecule has 82 valence electrons. The second-order valence-corrected chi connectivity index (χ2v) is 4.77. The van der Waals surface area contributed by atoms with Gasteiger partial charge in [-0.3, -0.25) is 0 Å². The van der Waals surface area contributed by atoms with Crippen LogP contribution in [0.3, 0.4) is 0 Å². The van der Waals surface area contributed by atoms with Gasteiger partial charge in [0.15, 0.2) is 0 Å². The summed E-state index contributed by atoms with van der Waals surface area (Å²) in [4.78, 5) is 0. The normalized spacial score (nSPS) is 12.4. The van der Waals surface area contributed by atoms with Crippen LogP contribution in [-0.2, 0) is 0 Å². The zero-order valence-electron chi connectivity index (χ0n) is 9.15. The molecular formula is C14H14BrN. The van der Waals surface area contributed by atoms with Gasteiger partial charge >= 0.3 is 0 Å². The van der Waals surface area contributed by atoms with Crippen molar-refractivity contribution in [3.8, 4) is 0 Å². The Morgan fingerprint density at radius 3 is 2.50 bits per heavy atom. The molecule has 0 aromatic heterocycles. The van der Waals surface area contributed by atoms with Crippen molar-refractivity contribution in [2.24, 2.45) is 5.73 Å². The predicted molar refractivity (Wildman–Crippen MR) is 71.4 cm³/mol. The maximum Gasteiger partial charge on any atom is 0.0562 e. The van der Waals surface area contributed by atoms with Gasteiger partial charge in [0.25, 0.3) is 0 Å². The molecule has 2 heteroatoms. The molecule has 0 aliphatic carbocycles. The summed E-state index contributed by atoms with van der Waals surface area (Å²) in [5.74, 6) is 0. The molecular weight excluding hydrogens is 262 g/mol. The van der Waals surface area contributed by atoms with Crippen LogP contribution in [0.4, 0.5) is 0 Å². The monoisotopic (exact) mass is 275 g/mol. The van der Waals surface area contributed by atoms with E-state index in [4.69, 9.17) is 5.73 Å². The van der Waals surface area contributed by atoms with Crippen LogP contribution in [0.2, 0.25) is 0 Å². The average molecular weight is 276 g/mol. The molecule has 1 unspecified atom stereocenters. The second kappa shape index (κ2) is 4.81. The summed E-state index contributed by atoms with van der Waals surface area (Å²) < 4.78 is 1.06. The van der Waals surface area contributed by atoms with Gasteiger partial charge in [-0.05, 0) is 24.1 Å². The number of aryl methyl sites for hydroxylation is 1. The minimum atomic E-state index is -0.0736. The van der Waals surface area contributed by atoms with Crippen molar-refractivity contribution >= 4 is 15.9 Å². The lowest BCUT2D eigenvalue weighted by atomic mass is 9.98. The van der Waals surface area contributed by atoms with Gasteiger partial charge in [-0.15, -0.1) is 0 Å². The summed E-state index contributed by atoms with van der Waals surface area (Å²) in [6.07, 6.45) is 0. The molecule has 0 amide bonds. The first kappa shape index (κ1) is 11.4. The van der Waals surface area contributed by atoms with Crippen molar-refractivity contribution in [3.05, 3.63) is 69.7 Å². The van der Waals surface area contributed by atoms with Gasteiger partial charge < -0.3 is 5.73 Å². The molecule has 2 rings (SSSR count). The van der Waals surface area contributed by atoms with E-state index in [2.05, 4.69) is 47.1 Å². The van der Waals surface area contributed by atoms with Gasteiger partial charge in [0.05, 0.1) is 6.04 Å². The van der Waals surface area contributed by atoms with E-state index in [-0.39, 0.29) is 6.04 Å². The van der Waals surface area contributed by atoms with Gasteiger partial charge in [-0.25, -0.2) is 0 Å². The third-order valence-electron chi connectivity index (χ3n) is 2.64. The Labute approximate surface area is 104 Å². The Balaban J connectivity index is 2.39. The molecule has 0 radical (unpaired) electrons. The zero-order chi connectivity index (χ0) is 11.5. The Bertz CT molecular complexity index is 494. The first-order valence-electron chi connectivity index (χ1n) is 5.25. The van der Waals surface area contributed by atoms with Crippen LogP contribution in [-0.4, -0.2) is 0 Å². The molecule has 0 heterocycles. The second-order valence-electron chi connectivity index (χ2n) is 3.91. The summed E-state index contributed by atoms with van der Waals surface area (Å²) in [6.45, 7) is 2.08. The van der Waals surface area contributed by atoms with Crippen LogP contribution in [0.25, 0.3) is 0 Å². The van der Waals surface area contributed by atoms with Crippen molar-refractivity contribution in [1.82, 2.24) is 0 Å². The van der Waals surface area contributed by atoms with E-state index in [1.54, 1.807) is 0 Å². The van der Waals surface area contributed by atoms with E-state index in [1.165, 1.54) is 5.56 Å². The summed E-state index contributed by atoms with van der Waals surface area (Å²) in [6, 6.07) is 16.3. The summed E-state index contributed by atoms with van der Waals surface area (Å²) in [7, 11) is 0. The topological polar surface area (TPSA) is 26.0 Å². The summed E-state index contributed by atoms with van der Waals surface area (Å²) in [5, 5.41) is 0. The number of rotatable bonds is 2. The van der Waals surface area contributed by atoms with Crippen molar-refractivity contribution in [3.63, 3.8) is 0 Å². The van der Waals surface area contributed by atoms with Gasteiger partial charge in [0, 0.05) is 4.47 Å². The molecule has 16 heavy (non-hydrogen) atoms. The molecule has 2 aromatic carbocycles. The van der Waals surface area contributed by atoms with E-state index in [0.717, 1.165) is 15.6 Å². The minimum Gasteiger partial charge on any atom is -0.320 e. The highest BCUT2D eigenvalue weighted by Gasteiger charge is 2.11. The molecule has 0 spiro atoms. The highest BCUT2D eigenvalue weighted by molar-refractivity contribution is 9.10. The van der Waals surface area contributed by atoms with Gasteiger partial charge in [0.1, 0.15) is 0 Å². The lowest BCUT2D eigenvalue weighted by Gasteiger charge is -2.14. The van der Waals surface area contributed by atoms with E-state index in [1.807, 2.05) is 24.3 Å². The van der Waals surface area contributed by atoms with Crippen molar-refractivity contribution in [2.75, 3.05) is 0 Å². The third-order valence-corrected chi connectivity index (χ3v) is 3.36. The molecule has 1 nitrogen and oxygen atoms in total. The molecule has 0 saturated heterocycles. The number of nitrogens with two attached hydrogens (primary N) is 1. The number of benzene rings is 2. The van der Waals surface area contributed by atoms with Crippen LogP contribution in [0, 0.1) is 6.92 Å². The Morgan fingerprint density at radius 1 is 1.06 bits per heavy atom. The standard InChI is InChI=1S/C14H14BrN/c1-10-5-4-6-11(9-10)14(16)12-7-2-3-8-13(12)15/h2-9,14H,16H2,1H3. The fourth-order valence-corrected chi connectivity index (χ4v) is 2.30. The molecule has 0 aliphatic rings. The molecule has 1 atom stereocenters.